The van der Waals surface area contributed by atoms with Crippen molar-refractivity contribution in [2.75, 3.05) is 7.11 Å². The van der Waals surface area contributed by atoms with Gasteiger partial charge in [0.05, 0.1) is 7.11 Å². The van der Waals surface area contributed by atoms with Gasteiger partial charge in [-0.05, 0) is 12.3 Å². The van der Waals surface area contributed by atoms with Crippen molar-refractivity contribution in [2.45, 2.75) is 40.2 Å². The lowest BCUT2D eigenvalue weighted by Gasteiger charge is -2.39. The molecule has 4 heteroatoms. The standard InChI is InChI=1S/C10H19NO3/c1-7(12)11-10(5,8(13)14-6)9(2,3)4/h1-6H3,(H,11,12)/t10-/m0/s1. The molecule has 82 valence electrons. The Morgan fingerprint density at radius 3 is 1.79 bits per heavy atom. The molecule has 0 saturated heterocycles. The largest absolute Gasteiger partial charge is 0.467 e. The number of ether oxygens (including phenoxy) is 1. The topological polar surface area (TPSA) is 55.4 Å². The average Bonchev–Trinajstić information content (AvgIpc) is 1.99. The van der Waals surface area contributed by atoms with E-state index in [0.717, 1.165) is 0 Å². The molecule has 0 rings (SSSR count). The monoisotopic (exact) mass is 201 g/mol. The molecule has 1 atom stereocenters. The SMILES string of the molecule is COC(=O)[C@](C)(NC(C)=O)C(C)(C)C. The zero-order valence-electron chi connectivity index (χ0n) is 9.72. The maximum atomic E-state index is 11.6. The van der Waals surface area contributed by atoms with Gasteiger partial charge in [0.15, 0.2) is 0 Å². The third-order valence-corrected chi connectivity index (χ3v) is 2.52. The summed E-state index contributed by atoms with van der Waals surface area (Å²) in [5, 5.41) is 2.63. The summed E-state index contributed by atoms with van der Waals surface area (Å²) in [5.41, 5.74) is -1.39. The summed E-state index contributed by atoms with van der Waals surface area (Å²) in [6.45, 7) is 8.67. The van der Waals surface area contributed by atoms with Crippen molar-refractivity contribution in [3.63, 3.8) is 0 Å². The van der Waals surface area contributed by atoms with E-state index in [0.29, 0.717) is 0 Å². The van der Waals surface area contributed by atoms with Crippen LogP contribution in [0, 0.1) is 5.41 Å². The Morgan fingerprint density at radius 1 is 1.14 bits per heavy atom. The van der Waals surface area contributed by atoms with Crippen LogP contribution in [-0.4, -0.2) is 24.5 Å². The number of rotatable bonds is 2. The zero-order valence-corrected chi connectivity index (χ0v) is 9.72. The second-order valence-corrected chi connectivity index (χ2v) is 4.55. The smallest absolute Gasteiger partial charge is 0.331 e. The van der Waals surface area contributed by atoms with Crippen LogP contribution in [0.3, 0.4) is 0 Å². The fourth-order valence-electron chi connectivity index (χ4n) is 1.10. The first kappa shape index (κ1) is 12.9. The van der Waals surface area contributed by atoms with Gasteiger partial charge in [0, 0.05) is 6.92 Å². The maximum Gasteiger partial charge on any atom is 0.331 e. The molecule has 14 heavy (non-hydrogen) atoms. The highest BCUT2D eigenvalue weighted by Crippen LogP contribution is 2.31. The summed E-state index contributed by atoms with van der Waals surface area (Å²) in [5.74, 6) is -0.673. The van der Waals surface area contributed by atoms with Gasteiger partial charge in [-0.1, -0.05) is 20.8 Å². The molecule has 1 N–H and O–H groups in total. The zero-order chi connectivity index (χ0) is 11.6. The Bertz CT molecular complexity index is 242. The summed E-state index contributed by atoms with van der Waals surface area (Å²) < 4.78 is 4.69. The third-order valence-electron chi connectivity index (χ3n) is 2.52. The normalized spacial score (nSPS) is 15.6. The lowest BCUT2D eigenvalue weighted by molar-refractivity contribution is -0.155. The minimum Gasteiger partial charge on any atom is -0.467 e. The lowest BCUT2D eigenvalue weighted by atomic mass is 9.75. The highest BCUT2D eigenvalue weighted by Gasteiger charge is 2.46. The molecule has 0 aliphatic heterocycles. The molecule has 0 fully saturated rings. The Morgan fingerprint density at radius 2 is 1.57 bits per heavy atom. The second kappa shape index (κ2) is 3.98. The van der Waals surface area contributed by atoms with Gasteiger partial charge in [0.1, 0.15) is 5.54 Å². The van der Waals surface area contributed by atoms with Gasteiger partial charge in [-0.25, -0.2) is 4.79 Å². The number of methoxy groups -OCH3 is 1. The van der Waals surface area contributed by atoms with Crippen LogP contribution in [0.1, 0.15) is 34.6 Å². The number of carbonyl (C=O) groups excluding carboxylic acids is 2. The molecule has 0 unspecified atom stereocenters. The van der Waals surface area contributed by atoms with Crippen LogP contribution in [-0.2, 0) is 14.3 Å². The predicted molar refractivity (Wildman–Crippen MR) is 53.7 cm³/mol. The summed E-state index contributed by atoms with van der Waals surface area (Å²) in [7, 11) is 1.31. The van der Waals surface area contributed by atoms with Crippen LogP contribution in [0.15, 0.2) is 0 Å². The van der Waals surface area contributed by atoms with Gasteiger partial charge < -0.3 is 10.1 Å². The summed E-state index contributed by atoms with van der Waals surface area (Å²) in [6.07, 6.45) is 0. The fraction of sp³-hybridized carbons (Fsp3) is 0.800. The van der Waals surface area contributed by atoms with Gasteiger partial charge >= 0.3 is 5.97 Å². The van der Waals surface area contributed by atoms with E-state index in [1.165, 1.54) is 14.0 Å². The van der Waals surface area contributed by atoms with E-state index >= 15 is 0 Å². The van der Waals surface area contributed by atoms with Crippen LogP contribution < -0.4 is 5.32 Å². The maximum absolute atomic E-state index is 11.6. The number of nitrogens with one attached hydrogen (secondary N) is 1. The molecule has 0 radical (unpaired) electrons. The average molecular weight is 201 g/mol. The quantitative estimate of drug-likeness (QED) is 0.681. The molecule has 0 bridgehead atoms. The molecular formula is C10H19NO3. The molecule has 0 aliphatic rings. The van der Waals surface area contributed by atoms with E-state index < -0.39 is 16.9 Å². The number of hydrogen-bond donors (Lipinski definition) is 1. The van der Waals surface area contributed by atoms with Crippen LogP contribution >= 0.6 is 0 Å². The van der Waals surface area contributed by atoms with Gasteiger partial charge in [0.2, 0.25) is 5.91 Å². The number of hydrogen-bond acceptors (Lipinski definition) is 3. The van der Waals surface area contributed by atoms with Crippen molar-refractivity contribution in [2.24, 2.45) is 5.41 Å². The third kappa shape index (κ3) is 2.47. The second-order valence-electron chi connectivity index (χ2n) is 4.55. The van der Waals surface area contributed by atoms with Crippen molar-refractivity contribution < 1.29 is 14.3 Å². The number of carbonyl (C=O) groups is 2. The fourth-order valence-corrected chi connectivity index (χ4v) is 1.10. The Balaban J connectivity index is 5.05. The van der Waals surface area contributed by atoms with Crippen molar-refractivity contribution in [3.05, 3.63) is 0 Å². The summed E-state index contributed by atoms with van der Waals surface area (Å²) in [4.78, 5) is 22.6. The molecular weight excluding hydrogens is 182 g/mol. The number of esters is 1. The molecule has 0 aromatic carbocycles. The molecule has 4 nitrogen and oxygen atoms in total. The summed E-state index contributed by atoms with van der Waals surface area (Å²) in [6, 6.07) is 0. The van der Waals surface area contributed by atoms with Gasteiger partial charge in [-0.2, -0.15) is 0 Å². The number of amides is 1. The Labute approximate surface area is 85.0 Å². The minimum atomic E-state index is -0.992. The minimum absolute atomic E-state index is 0.243. The first-order chi connectivity index (χ1) is 6.15. The molecule has 0 heterocycles. The van der Waals surface area contributed by atoms with Crippen LogP contribution in [0.25, 0.3) is 0 Å². The van der Waals surface area contributed by atoms with Crippen molar-refractivity contribution in [1.82, 2.24) is 5.32 Å². The molecule has 0 saturated carbocycles. The highest BCUT2D eigenvalue weighted by molar-refractivity contribution is 5.87. The van der Waals surface area contributed by atoms with Crippen molar-refractivity contribution >= 4 is 11.9 Å². The van der Waals surface area contributed by atoms with Gasteiger partial charge in [-0.15, -0.1) is 0 Å². The van der Waals surface area contributed by atoms with Crippen LogP contribution in [0.2, 0.25) is 0 Å². The lowest BCUT2D eigenvalue weighted by Crippen LogP contribution is -2.60. The van der Waals surface area contributed by atoms with E-state index in [1.54, 1.807) is 6.92 Å². The van der Waals surface area contributed by atoms with E-state index in [4.69, 9.17) is 0 Å². The molecule has 0 aromatic heterocycles. The van der Waals surface area contributed by atoms with Gasteiger partial charge in [-0.3, -0.25) is 4.79 Å². The van der Waals surface area contributed by atoms with E-state index in [1.807, 2.05) is 20.8 Å². The van der Waals surface area contributed by atoms with Gasteiger partial charge in [0.25, 0.3) is 0 Å². The Hall–Kier alpha value is -1.06. The van der Waals surface area contributed by atoms with E-state index in [-0.39, 0.29) is 5.91 Å². The molecule has 0 aromatic rings. The van der Waals surface area contributed by atoms with E-state index in [2.05, 4.69) is 10.1 Å². The highest BCUT2D eigenvalue weighted by atomic mass is 16.5. The van der Waals surface area contributed by atoms with Crippen LogP contribution in [0.5, 0.6) is 0 Å². The summed E-state index contributed by atoms with van der Waals surface area (Å²) >= 11 is 0. The van der Waals surface area contributed by atoms with Crippen molar-refractivity contribution in [3.8, 4) is 0 Å². The molecule has 0 aliphatic carbocycles. The van der Waals surface area contributed by atoms with Crippen molar-refractivity contribution in [1.29, 1.82) is 0 Å². The first-order valence-electron chi connectivity index (χ1n) is 4.52. The first-order valence-corrected chi connectivity index (χ1v) is 4.52. The predicted octanol–water partition coefficient (Wildman–Crippen LogP) is 1.10. The Kier molecular flexibility index (Phi) is 3.68. The van der Waals surface area contributed by atoms with Crippen LogP contribution in [0.4, 0.5) is 0 Å². The van der Waals surface area contributed by atoms with E-state index in [9.17, 15) is 9.59 Å². The molecule has 0 spiro atoms. The molecule has 1 amide bonds.